The van der Waals surface area contributed by atoms with E-state index in [0.717, 1.165) is 0 Å². The molecule has 0 spiro atoms. The third-order valence-corrected chi connectivity index (χ3v) is 2.70. The van der Waals surface area contributed by atoms with Gasteiger partial charge in [0, 0.05) is 19.4 Å². The predicted molar refractivity (Wildman–Crippen MR) is 48.6 cm³/mol. The molecule has 1 rings (SSSR count). The highest BCUT2D eigenvalue weighted by atomic mass is 32.2. The van der Waals surface area contributed by atoms with Gasteiger partial charge in [0.2, 0.25) is 0 Å². The summed E-state index contributed by atoms with van der Waals surface area (Å²) in [5.41, 5.74) is 0. The highest BCUT2D eigenvalue weighted by Crippen LogP contribution is 2.06. The van der Waals surface area contributed by atoms with Gasteiger partial charge in [-0.1, -0.05) is 0 Å². The highest BCUT2D eigenvalue weighted by molar-refractivity contribution is 7.85. The summed E-state index contributed by atoms with van der Waals surface area (Å²) in [6.07, 6.45) is 1.79. The molecule has 80 valence electrons. The van der Waals surface area contributed by atoms with Gasteiger partial charge in [-0.25, -0.2) is 9.17 Å². The van der Waals surface area contributed by atoms with E-state index in [-0.39, 0.29) is 5.75 Å². The minimum absolute atomic E-state index is 0.346. The molecule has 0 aliphatic rings. The van der Waals surface area contributed by atoms with Crippen LogP contribution >= 0.6 is 0 Å². The largest absolute Gasteiger partial charge is 0.367 e. The van der Waals surface area contributed by atoms with Crippen LogP contribution in [0.3, 0.4) is 0 Å². The molecule has 1 unspecified atom stereocenters. The third kappa shape index (κ3) is 3.09. The van der Waals surface area contributed by atoms with Crippen LogP contribution < -0.4 is 0 Å². The third-order valence-electron chi connectivity index (χ3n) is 1.51. The van der Waals surface area contributed by atoms with Gasteiger partial charge in [0.1, 0.15) is 11.6 Å². The van der Waals surface area contributed by atoms with Crippen molar-refractivity contribution in [3.63, 3.8) is 0 Å². The van der Waals surface area contributed by atoms with Crippen molar-refractivity contribution in [1.82, 2.24) is 9.55 Å². The number of aryl methyl sites for hydroxylation is 1. The van der Waals surface area contributed by atoms with Gasteiger partial charge in [0.25, 0.3) is 10.1 Å². The molecule has 6 nitrogen and oxygen atoms in total. The minimum Gasteiger partial charge on any atom is -0.367 e. The monoisotopic (exact) mass is 220 g/mol. The molecule has 0 aliphatic heterocycles. The lowest BCUT2D eigenvalue weighted by molar-refractivity contribution is 0.00519. The summed E-state index contributed by atoms with van der Waals surface area (Å²) in [4.78, 5) is 3.83. The smallest absolute Gasteiger partial charge is 0.277 e. The number of aliphatic hydroxyl groups is 1. The van der Waals surface area contributed by atoms with Crippen molar-refractivity contribution in [3.05, 3.63) is 18.2 Å². The Balaban J connectivity index is 2.74. The van der Waals surface area contributed by atoms with Crippen LogP contribution in [0.15, 0.2) is 12.4 Å². The number of imidazole rings is 1. The molecule has 1 N–H and O–H groups in total. The molecule has 0 aromatic carbocycles. The molecular weight excluding hydrogens is 208 g/mol. The van der Waals surface area contributed by atoms with E-state index >= 15 is 0 Å². The maximum atomic E-state index is 11.2. The summed E-state index contributed by atoms with van der Waals surface area (Å²) in [5.74, 6) is 0.0205. The fraction of sp³-hybridized carbons (Fsp3) is 0.571. The zero-order valence-corrected chi connectivity index (χ0v) is 8.73. The molecule has 0 amide bonds. The number of aromatic nitrogens is 2. The molecule has 7 heteroatoms. The average molecular weight is 220 g/mol. The van der Waals surface area contributed by atoms with Crippen LogP contribution in [-0.4, -0.2) is 29.4 Å². The summed E-state index contributed by atoms with van der Waals surface area (Å²) in [5, 5.41) is 8.76. The van der Waals surface area contributed by atoms with Crippen molar-refractivity contribution in [3.8, 4) is 0 Å². The summed E-state index contributed by atoms with van der Waals surface area (Å²) in [6.45, 7) is 1.23. The topological polar surface area (TPSA) is 81.4 Å². The Kier molecular flexibility index (Phi) is 3.25. The van der Waals surface area contributed by atoms with Gasteiger partial charge in [-0.15, -0.1) is 0 Å². The van der Waals surface area contributed by atoms with E-state index in [2.05, 4.69) is 9.17 Å². The van der Waals surface area contributed by atoms with Crippen LogP contribution in [0.25, 0.3) is 0 Å². The normalized spacial score (nSPS) is 14.2. The van der Waals surface area contributed by atoms with Crippen molar-refractivity contribution in [2.24, 2.45) is 7.05 Å². The predicted octanol–water partition coefficient (Wildman–Crippen LogP) is -0.395. The van der Waals surface area contributed by atoms with E-state index in [0.29, 0.717) is 5.82 Å². The zero-order valence-electron chi connectivity index (χ0n) is 7.91. The van der Waals surface area contributed by atoms with E-state index in [1.165, 1.54) is 13.1 Å². The first-order valence-corrected chi connectivity index (χ1v) is 5.53. The van der Waals surface area contributed by atoms with Crippen LogP contribution in [0.5, 0.6) is 0 Å². The summed E-state index contributed by atoms with van der Waals surface area (Å²) >= 11 is 0. The first-order chi connectivity index (χ1) is 6.41. The van der Waals surface area contributed by atoms with Crippen LogP contribution in [0, 0.1) is 0 Å². The summed E-state index contributed by atoms with van der Waals surface area (Å²) < 4.78 is 28.4. The molecule has 0 fully saturated rings. The van der Waals surface area contributed by atoms with Crippen molar-refractivity contribution in [2.75, 3.05) is 0 Å². The molecule has 1 aromatic rings. The Hall–Kier alpha value is -0.920. The van der Waals surface area contributed by atoms with Crippen molar-refractivity contribution in [1.29, 1.82) is 0 Å². The van der Waals surface area contributed by atoms with Crippen molar-refractivity contribution in [2.45, 2.75) is 19.0 Å². The maximum Gasteiger partial charge on any atom is 0.277 e. The van der Waals surface area contributed by atoms with Gasteiger partial charge < -0.3 is 9.67 Å². The quantitative estimate of drug-likeness (QED) is 0.551. The number of rotatable bonds is 4. The second-order valence-corrected chi connectivity index (χ2v) is 4.45. The highest BCUT2D eigenvalue weighted by Gasteiger charge is 2.17. The van der Waals surface area contributed by atoms with Crippen LogP contribution in [0.1, 0.15) is 12.7 Å². The SMILES string of the molecule is CC(O)OS(=O)(=O)Cc1nccn1C. The lowest BCUT2D eigenvalue weighted by atomic mass is 10.7. The second kappa shape index (κ2) is 4.07. The van der Waals surface area contributed by atoms with Crippen LogP contribution in [0.4, 0.5) is 0 Å². The Morgan fingerprint density at radius 2 is 2.36 bits per heavy atom. The molecule has 0 aliphatic carbocycles. The van der Waals surface area contributed by atoms with Crippen LogP contribution in [-0.2, 0) is 27.1 Å². The molecule has 1 heterocycles. The van der Waals surface area contributed by atoms with E-state index in [9.17, 15) is 8.42 Å². The number of hydrogen-bond acceptors (Lipinski definition) is 5. The van der Waals surface area contributed by atoms with E-state index in [1.807, 2.05) is 0 Å². The van der Waals surface area contributed by atoms with E-state index < -0.39 is 16.4 Å². The Morgan fingerprint density at radius 3 is 2.79 bits per heavy atom. The number of nitrogens with zero attached hydrogens (tertiary/aromatic N) is 2. The molecule has 0 saturated carbocycles. The van der Waals surface area contributed by atoms with Gasteiger partial charge in [-0.3, -0.25) is 0 Å². The Labute approximate surface area is 82.3 Å². The minimum atomic E-state index is -3.76. The van der Waals surface area contributed by atoms with Crippen molar-refractivity contribution >= 4 is 10.1 Å². The van der Waals surface area contributed by atoms with E-state index in [4.69, 9.17) is 5.11 Å². The fourth-order valence-corrected chi connectivity index (χ4v) is 2.03. The lowest BCUT2D eigenvalue weighted by Crippen LogP contribution is -2.17. The van der Waals surface area contributed by atoms with E-state index in [1.54, 1.807) is 17.8 Å². The van der Waals surface area contributed by atoms with Gasteiger partial charge >= 0.3 is 0 Å². The fourth-order valence-electron chi connectivity index (χ4n) is 0.940. The summed E-state index contributed by atoms with van der Waals surface area (Å²) in [6, 6.07) is 0. The van der Waals surface area contributed by atoms with Crippen molar-refractivity contribution < 1.29 is 17.7 Å². The van der Waals surface area contributed by atoms with Gasteiger partial charge in [-0.2, -0.15) is 8.42 Å². The first kappa shape index (κ1) is 11.2. The molecule has 1 atom stereocenters. The molecule has 0 saturated heterocycles. The van der Waals surface area contributed by atoms with Gasteiger partial charge in [-0.05, 0) is 6.92 Å². The molecule has 1 aromatic heterocycles. The standard InChI is InChI=1S/C7H12N2O4S/c1-6(10)13-14(11,12)5-7-8-3-4-9(7)2/h3-4,6,10H,5H2,1-2H3. The summed E-state index contributed by atoms with van der Waals surface area (Å²) in [7, 11) is -2.08. The lowest BCUT2D eigenvalue weighted by Gasteiger charge is -2.06. The molecular formula is C7H12N2O4S. The molecule has 0 radical (unpaired) electrons. The van der Waals surface area contributed by atoms with Gasteiger partial charge in [0.05, 0.1) is 0 Å². The zero-order chi connectivity index (χ0) is 10.8. The molecule has 0 bridgehead atoms. The second-order valence-electron chi connectivity index (χ2n) is 2.85. The van der Waals surface area contributed by atoms with Crippen LogP contribution in [0.2, 0.25) is 0 Å². The molecule has 14 heavy (non-hydrogen) atoms. The number of aliphatic hydroxyl groups excluding tert-OH is 1. The Morgan fingerprint density at radius 1 is 1.71 bits per heavy atom. The maximum absolute atomic E-state index is 11.2. The average Bonchev–Trinajstić information content (AvgIpc) is 2.32. The number of hydrogen-bond donors (Lipinski definition) is 1. The van der Waals surface area contributed by atoms with Gasteiger partial charge in [0.15, 0.2) is 6.29 Å². The first-order valence-electron chi connectivity index (χ1n) is 3.96. The Bertz CT molecular complexity index is 396.